The lowest BCUT2D eigenvalue weighted by Gasteiger charge is -2.41. The van der Waals surface area contributed by atoms with E-state index in [1.165, 1.54) is 0 Å². The van der Waals surface area contributed by atoms with Crippen LogP contribution < -0.4 is 0 Å². The molecule has 25 heavy (non-hydrogen) atoms. The highest BCUT2D eigenvalue weighted by atomic mass is 16.3. The molecule has 1 aliphatic heterocycles. The molecule has 0 spiro atoms. The van der Waals surface area contributed by atoms with Crippen LogP contribution in [-0.4, -0.2) is 27.9 Å². The molecule has 4 rings (SSSR count). The molecule has 1 aliphatic carbocycles. The van der Waals surface area contributed by atoms with Gasteiger partial charge in [-0.3, -0.25) is 4.79 Å². The summed E-state index contributed by atoms with van der Waals surface area (Å²) in [6.07, 6.45) is 0.923. The number of hydrogen-bond donors (Lipinski definition) is 1. The zero-order valence-electron chi connectivity index (χ0n) is 14.1. The number of aliphatic hydroxyl groups is 1. The van der Waals surface area contributed by atoms with Gasteiger partial charge >= 0.3 is 0 Å². The topological polar surface area (TPSA) is 62.0 Å². The molecule has 1 N–H and O–H groups in total. The molecule has 0 radical (unpaired) electrons. The maximum absolute atomic E-state index is 13.3. The summed E-state index contributed by atoms with van der Waals surface area (Å²) >= 11 is 0. The Morgan fingerprint density at radius 2 is 1.64 bits per heavy atom. The van der Waals surface area contributed by atoms with Gasteiger partial charge in [-0.1, -0.05) is 60.7 Å². The Bertz CT molecular complexity index is 854. The Labute approximate surface area is 146 Å². The molecular weight excluding hydrogens is 312 g/mol. The lowest BCUT2D eigenvalue weighted by Crippen LogP contribution is -2.47. The second-order valence-electron chi connectivity index (χ2n) is 7.14. The fourth-order valence-electron chi connectivity index (χ4n) is 3.95. The molecule has 1 saturated carbocycles. The predicted molar refractivity (Wildman–Crippen MR) is 98.0 cm³/mol. The first-order valence-corrected chi connectivity index (χ1v) is 8.56. The van der Waals surface area contributed by atoms with Crippen molar-refractivity contribution in [3.05, 3.63) is 71.8 Å². The standard InChI is InChI=1S/C21H20N2O2/c1-21(25)12-16(14-8-4-2-5-9-14)18-17(13-21)22-23-19(20(18)24)15-10-6-3-7-11-15/h2-11,16,18,25H,12-13H2,1H3/t16-,18-,21+/m1/s1. The minimum Gasteiger partial charge on any atom is -0.390 e. The molecule has 0 saturated heterocycles. The van der Waals surface area contributed by atoms with Gasteiger partial charge in [0.15, 0.2) is 5.78 Å². The first kappa shape index (κ1) is 15.9. The molecule has 0 unspecified atom stereocenters. The van der Waals surface area contributed by atoms with Gasteiger partial charge in [0.1, 0.15) is 5.71 Å². The Balaban J connectivity index is 1.79. The van der Waals surface area contributed by atoms with Crippen LogP contribution in [0.3, 0.4) is 0 Å². The van der Waals surface area contributed by atoms with E-state index in [0.29, 0.717) is 24.3 Å². The van der Waals surface area contributed by atoms with E-state index < -0.39 is 5.60 Å². The van der Waals surface area contributed by atoms with Crippen molar-refractivity contribution in [1.82, 2.24) is 0 Å². The van der Waals surface area contributed by atoms with Crippen molar-refractivity contribution in [3.63, 3.8) is 0 Å². The van der Waals surface area contributed by atoms with Crippen LogP contribution in [0.15, 0.2) is 70.9 Å². The molecule has 0 amide bonds. The predicted octanol–water partition coefficient (Wildman–Crippen LogP) is 3.36. The second-order valence-corrected chi connectivity index (χ2v) is 7.14. The van der Waals surface area contributed by atoms with E-state index in [1.54, 1.807) is 0 Å². The van der Waals surface area contributed by atoms with E-state index in [1.807, 2.05) is 67.6 Å². The van der Waals surface area contributed by atoms with Crippen molar-refractivity contribution in [3.8, 4) is 0 Å². The van der Waals surface area contributed by atoms with Crippen molar-refractivity contribution in [1.29, 1.82) is 0 Å². The van der Waals surface area contributed by atoms with E-state index in [0.717, 1.165) is 11.1 Å². The SMILES string of the molecule is C[C@@]1(O)CC2=NN=C(c3ccccc3)C(=O)[C@@H]2[C@@H](c2ccccc2)C1. The van der Waals surface area contributed by atoms with E-state index in [2.05, 4.69) is 10.2 Å². The Hall–Kier alpha value is -2.59. The number of rotatable bonds is 2. The summed E-state index contributed by atoms with van der Waals surface area (Å²) < 4.78 is 0. The third-order valence-corrected chi connectivity index (χ3v) is 5.05. The molecule has 1 heterocycles. The second kappa shape index (κ2) is 6.05. The molecule has 2 aromatic carbocycles. The zero-order valence-corrected chi connectivity index (χ0v) is 14.1. The summed E-state index contributed by atoms with van der Waals surface area (Å²) in [7, 11) is 0. The van der Waals surface area contributed by atoms with E-state index in [-0.39, 0.29) is 17.6 Å². The highest BCUT2D eigenvalue weighted by Gasteiger charge is 2.47. The fraction of sp³-hybridized carbons (Fsp3) is 0.286. The first-order valence-electron chi connectivity index (χ1n) is 8.56. The molecule has 2 aromatic rings. The van der Waals surface area contributed by atoms with Gasteiger partial charge in [0.05, 0.1) is 17.2 Å². The van der Waals surface area contributed by atoms with Crippen LogP contribution in [0.5, 0.6) is 0 Å². The third kappa shape index (κ3) is 2.94. The summed E-state index contributed by atoms with van der Waals surface area (Å²) in [6.45, 7) is 1.81. The number of Topliss-reactive ketones (excluding diaryl/α,β-unsaturated/α-hetero) is 1. The summed E-state index contributed by atoms with van der Waals surface area (Å²) in [5.74, 6) is -0.443. The number of carbonyl (C=O) groups is 1. The lowest BCUT2D eigenvalue weighted by molar-refractivity contribution is -0.116. The van der Waals surface area contributed by atoms with Crippen LogP contribution in [-0.2, 0) is 4.79 Å². The highest BCUT2D eigenvalue weighted by molar-refractivity contribution is 6.50. The molecule has 4 nitrogen and oxygen atoms in total. The third-order valence-electron chi connectivity index (χ3n) is 5.05. The Morgan fingerprint density at radius 3 is 2.32 bits per heavy atom. The van der Waals surface area contributed by atoms with Crippen LogP contribution in [0.1, 0.15) is 36.8 Å². The van der Waals surface area contributed by atoms with Crippen molar-refractivity contribution in [2.24, 2.45) is 16.1 Å². The van der Waals surface area contributed by atoms with Crippen LogP contribution in [0, 0.1) is 5.92 Å². The molecule has 0 bridgehead atoms. The molecule has 4 heteroatoms. The summed E-state index contributed by atoms with van der Waals surface area (Å²) in [5.41, 5.74) is 2.07. The molecule has 0 aromatic heterocycles. The van der Waals surface area contributed by atoms with Gasteiger partial charge in [-0.2, -0.15) is 5.10 Å². The van der Waals surface area contributed by atoms with Gasteiger partial charge < -0.3 is 5.11 Å². The minimum atomic E-state index is -0.879. The van der Waals surface area contributed by atoms with Gasteiger partial charge in [-0.05, 0) is 18.9 Å². The average molecular weight is 332 g/mol. The quantitative estimate of drug-likeness (QED) is 0.916. The molecule has 2 aliphatic rings. The monoisotopic (exact) mass is 332 g/mol. The molecular formula is C21H20N2O2. The summed E-state index contributed by atoms with van der Waals surface area (Å²) in [6, 6.07) is 19.4. The molecule has 1 fully saturated rings. The zero-order chi connectivity index (χ0) is 17.4. The highest BCUT2D eigenvalue weighted by Crippen LogP contribution is 2.43. The lowest BCUT2D eigenvalue weighted by atomic mass is 9.66. The van der Waals surface area contributed by atoms with Crippen LogP contribution in [0.25, 0.3) is 0 Å². The molecule has 126 valence electrons. The van der Waals surface area contributed by atoms with Crippen LogP contribution >= 0.6 is 0 Å². The van der Waals surface area contributed by atoms with Crippen molar-refractivity contribution in [2.75, 3.05) is 0 Å². The van der Waals surface area contributed by atoms with Gasteiger partial charge in [-0.25, -0.2) is 0 Å². The fourth-order valence-corrected chi connectivity index (χ4v) is 3.95. The first-order chi connectivity index (χ1) is 12.1. The van der Waals surface area contributed by atoms with Crippen LogP contribution in [0.2, 0.25) is 0 Å². The van der Waals surface area contributed by atoms with Gasteiger partial charge in [0.25, 0.3) is 0 Å². The normalized spacial score (nSPS) is 28.8. The number of nitrogens with zero attached hydrogens (tertiary/aromatic N) is 2. The summed E-state index contributed by atoms with van der Waals surface area (Å²) in [5, 5.41) is 19.2. The molecule has 3 atom stereocenters. The van der Waals surface area contributed by atoms with Gasteiger partial charge in [-0.15, -0.1) is 5.10 Å². The van der Waals surface area contributed by atoms with Crippen molar-refractivity contribution in [2.45, 2.75) is 31.3 Å². The van der Waals surface area contributed by atoms with Gasteiger partial charge in [0, 0.05) is 17.9 Å². The maximum atomic E-state index is 13.3. The maximum Gasteiger partial charge on any atom is 0.193 e. The number of ketones is 1. The Morgan fingerprint density at radius 1 is 1.00 bits per heavy atom. The van der Waals surface area contributed by atoms with E-state index >= 15 is 0 Å². The van der Waals surface area contributed by atoms with Crippen LogP contribution in [0.4, 0.5) is 0 Å². The number of hydrogen-bond acceptors (Lipinski definition) is 4. The van der Waals surface area contributed by atoms with Crippen molar-refractivity contribution < 1.29 is 9.90 Å². The average Bonchev–Trinajstić information content (AvgIpc) is 2.62. The van der Waals surface area contributed by atoms with E-state index in [9.17, 15) is 9.90 Å². The number of benzene rings is 2. The van der Waals surface area contributed by atoms with Gasteiger partial charge in [0.2, 0.25) is 0 Å². The smallest absolute Gasteiger partial charge is 0.193 e. The number of fused-ring (bicyclic) bond motifs is 1. The van der Waals surface area contributed by atoms with E-state index in [4.69, 9.17) is 0 Å². The largest absolute Gasteiger partial charge is 0.390 e. The summed E-state index contributed by atoms with van der Waals surface area (Å²) in [4.78, 5) is 13.3. The Kier molecular flexibility index (Phi) is 3.85. The minimum absolute atomic E-state index is 0.000512. The number of carbonyl (C=O) groups excluding carboxylic acids is 1. The van der Waals surface area contributed by atoms with Crippen molar-refractivity contribution >= 4 is 17.2 Å².